The fourth-order valence-corrected chi connectivity index (χ4v) is 4.80. The predicted molar refractivity (Wildman–Crippen MR) is 104 cm³/mol. The van der Waals surface area contributed by atoms with E-state index in [1.807, 2.05) is 38.1 Å². The molecule has 1 fully saturated rings. The van der Waals surface area contributed by atoms with Gasteiger partial charge in [-0.05, 0) is 17.8 Å². The lowest BCUT2D eigenvalue weighted by Crippen LogP contribution is -2.48. The van der Waals surface area contributed by atoms with Gasteiger partial charge in [0.15, 0.2) is 11.6 Å². The molecule has 136 valence electrons. The van der Waals surface area contributed by atoms with Gasteiger partial charge in [-0.2, -0.15) is 0 Å². The summed E-state index contributed by atoms with van der Waals surface area (Å²) in [7, 11) is 0. The first-order valence-corrected chi connectivity index (χ1v) is 9.36. The molecule has 0 N–H and O–H groups in total. The lowest BCUT2D eigenvalue weighted by molar-refractivity contribution is -0.130. The fraction of sp³-hybridized carbons (Fsp3) is 0.292. The summed E-state index contributed by atoms with van der Waals surface area (Å²) >= 11 is 0. The van der Waals surface area contributed by atoms with Crippen LogP contribution in [0, 0.1) is 17.3 Å². The SMILES string of the molecule is CC1(C)C[C@@H]2CC(=O)[C@H]1C(C(=O)c1ccccc1)=C2C(=O)c1ccccc1. The molecule has 0 heterocycles. The van der Waals surface area contributed by atoms with Crippen LogP contribution in [0.1, 0.15) is 47.4 Å². The minimum Gasteiger partial charge on any atom is -0.299 e. The van der Waals surface area contributed by atoms with Crippen molar-refractivity contribution in [3.8, 4) is 0 Å². The highest BCUT2D eigenvalue weighted by atomic mass is 16.1. The molecule has 2 aromatic rings. The second-order valence-corrected chi connectivity index (χ2v) is 8.21. The molecule has 3 aliphatic carbocycles. The molecule has 2 aromatic carbocycles. The van der Waals surface area contributed by atoms with Gasteiger partial charge in [-0.25, -0.2) is 0 Å². The van der Waals surface area contributed by atoms with E-state index in [4.69, 9.17) is 0 Å². The lowest BCUT2D eigenvalue weighted by Gasteiger charge is -2.48. The Kier molecular flexibility index (Phi) is 4.18. The number of hydrogen-bond donors (Lipinski definition) is 0. The number of carbonyl (C=O) groups is 3. The van der Waals surface area contributed by atoms with Crippen LogP contribution in [0.15, 0.2) is 71.8 Å². The zero-order valence-corrected chi connectivity index (χ0v) is 15.6. The number of Topliss-reactive ketones (excluding diaryl/α,β-unsaturated/α-hetero) is 3. The summed E-state index contributed by atoms with van der Waals surface area (Å²) in [6.07, 6.45) is 1.11. The standard InChI is InChI=1S/C24H22O3/c1-24(2)14-17-13-18(25)21(24)20(23(27)16-11-7-4-8-12-16)19(17)22(26)15-9-5-3-6-10-15/h3-12,17,21H,13-14H2,1-2H3/t17-,21-/m0/s1. The summed E-state index contributed by atoms with van der Waals surface area (Å²) in [6, 6.07) is 18.0. The first-order chi connectivity index (χ1) is 12.9. The molecule has 0 aliphatic heterocycles. The van der Waals surface area contributed by atoms with Crippen LogP contribution in [-0.2, 0) is 4.79 Å². The number of rotatable bonds is 4. The number of carbonyl (C=O) groups excluding carboxylic acids is 3. The zero-order chi connectivity index (χ0) is 19.2. The molecule has 2 atom stereocenters. The normalized spacial score (nSPS) is 23.4. The van der Waals surface area contributed by atoms with Gasteiger partial charge >= 0.3 is 0 Å². The molecule has 0 radical (unpaired) electrons. The van der Waals surface area contributed by atoms with Crippen LogP contribution in [0.4, 0.5) is 0 Å². The molecule has 5 rings (SSSR count). The highest BCUT2D eigenvalue weighted by molar-refractivity contribution is 6.21. The maximum absolute atomic E-state index is 13.4. The van der Waals surface area contributed by atoms with Crippen LogP contribution < -0.4 is 0 Å². The molecule has 0 saturated heterocycles. The number of fused-ring (bicyclic) bond motifs is 2. The highest BCUT2D eigenvalue weighted by Crippen LogP contribution is 2.54. The average molecular weight is 358 g/mol. The molecule has 3 heteroatoms. The first kappa shape index (κ1) is 17.6. The third-order valence-electron chi connectivity index (χ3n) is 5.87. The zero-order valence-electron chi connectivity index (χ0n) is 15.6. The van der Waals surface area contributed by atoms with Crippen molar-refractivity contribution in [3.63, 3.8) is 0 Å². The van der Waals surface area contributed by atoms with Crippen LogP contribution in [0.3, 0.4) is 0 Å². The van der Waals surface area contributed by atoms with Gasteiger partial charge in [0.25, 0.3) is 0 Å². The van der Waals surface area contributed by atoms with Crippen LogP contribution >= 0.6 is 0 Å². The minimum absolute atomic E-state index is 0.0835. The predicted octanol–water partition coefficient (Wildman–Crippen LogP) is 4.68. The van der Waals surface area contributed by atoms with Crippen LogP contribution in [0.5, 0.6) is 0 Å². The highest BCUT2D eigenvalue weighted by Gasteiger charge is 2.53. The van der Waals surface area contributed by atoms with Crippen molar-refractivity contribution in [2.24, 2.45) is 17.3 Å². The molecule has 0 spiro atoms. The Morgan fingerprint density at radius 1 is 0.815 bits per heavy atom. The molecule has 0 unspecified atom stereocenters. The molecule has 3 aliphatic rings. The molecule has 2 bridgehead atoms. The van der Waals surface area contributed by atoms with Gasteiger partial charge in [0.2, 0.25) is 0 Å². The molecule has 3 nitrogen and oxygen atoms in total. The van der Waals surface area contributed by atoms with E-state index in [0.717, 1.165) is 6.42 Å². The topological polar surface area (TPSA) is 51.2 Å². The third kappa shape index (κ3) is 2.87. The molecule has 0 aromatic heterocycles. The molecular formula is C24H22O3. The van der Waals surface area contributed by atoms with Crippen molar-refractivity contribution in [1.29, 1.82) is 0 Å². The van der Waals surface area contributed by atoms with E-state index in [9.17, 15) is 14.4 Å². The van der Waals surface area contributed by atoms with E-state index >= 15 is 0 Å². The summed E-state index contributed by atoms with van der Waals surface area (Å²) in [5.74, 6) is -0.926. The van der Waals surface area contributed by atoms with Gasteiger partial charge in [0.1, 0.15) is 5.78 Å². The van der Waals surface area contributed by atoms with Crippen molar-refractivity contribution in [1.82, 2.24) is 0 Å². The monoisotopic (exact) mass is 358 g/mol. The van der Waals surface area contributed by atoms with E-state index in [-0.39, 0.29) is 28.7 Å². The quantitative estimate of drug-likeness (QED) is 0.746. The van der Waals surface area contributed by atoms with E-state index in [2.05, 4.69) is 0 Å². The average Bonchev–Trinajstić information content (AvgIpc) is 2.66. The van der Waals surface area contributed by atoms with Crippen molar-refractivity contribution < 1.29 is 14.4 Å². The van der Waals surface area contributed by atoms with Crippen LogP contribution in [-0.4, -0.2) is 17.3 Å². The van der Waals surface area contributed by atoms with Crippen molar-refractivity contribution in [2.45, 2.75) is 26.7 Å². The van der Waals surface area contributed by atoms with E-state index in [1.165, 1.54) is 0 Å². The Morgan fingerprint density at radius 2 is 1.30 bits per heavy atom. The van der Waals surface area contributed by atoms with E-state index in [1.54, 1.807) is 36.4 Å². The Morgan fingerprint density at radius 3 is 1.78 bits per heavy atom. The summed E-state index contributed by atoms with van der Waals surface area (Å²) in [5, 5.41) is 0. The molecule has 27 heavy (non-hydrogen) atoms. The van der Waals surface area contributed by atoms with Crippen LogP contribution in [0.2, 0.25) is 0 Å². The Hall–Kier alpha value is -2.81. The van der Waals surface area contributed by atoms with Gasteiger partial charge in [-0.15, -0.1) is 0 Å². The van der Waals surface area contributed by atoms with Gasteiger partial charge < -0.3 is 0 Å². The first-order valence-electron chi connectivity index (χ1n) is 9.36. The number of benzene rings is 2. The van der Waals surface area contributed by atoms with Crippen LogP contribution in [0.25, 0.3) is 0 Å². The maximum Gasteiger partial charge on any atom is 0.190 e. The van der Waals surface area contributed by atoms with Gasteiger partial charge in [-0.1, -0.05) is 74.5 Å². The van der Waals surface area contributed by atoms with Gasteiger partial charge in [-0.3, -0.25) is 14.4 Å². The van der Waals surface area contributed by atoms with Crippen molar-refractivity contribution in [2.75, 3.05) is 0 Å². The largest absolute Gasteiger partial charge is 0.299 e. The second-order valence-electron chi connectivity index (χ2n) is 8.21. The fourth-order valence-electron chi connectivity index (χ4n) is 4.80. The third-order valence-corrected chi connectivity index (χ3v) is 5.87. The maximum atomic E-state index is 13.4. The van der Waals surface area contributed by atoms with E-state index in [0.29, 0.717) is 28.7 Å². The van der Waals surface area contributed by atoms with Gasteiger partial charge in [0, 0.05) is 28.7 Å². The minimum atomic E-state index is -0.516. The lowest BCUT2D eigenvalue weighted by atomic mass is 9.53. The van der Waals surface area contributed by atoms with E-state index < -0.39 is 5.92 Å². The molecular weight excluding hydrogens is 336 g/mol. The van der Waals surface area contributed by atoms with Crippen molar-refractivity contribution in [3.05, 3.63) is 82.9 Å². The van der Waals surface area contributed by atoms with Crippen molar-refractivity contribution >= 4 is 17.3 Å². The summed E-state index contributed by atoms with van der Waals surface area (Å²) in [4.78, 5) is 39.6. The van der Waals surface area contributed by atoms with Gasteiger partial charge in [0.05, 0.1) is 5.92 Å². The molecule has 1 saturated carbocycles. The summed E-state index contributed by atoms with van der Waals surface area (Å²) in [6.45, 7) is 4.06. The Balaban J connectivity index is 1.92. The second kappa shape index (κ2) is 6.41. The molecule has 0 amide bonds. The Bertz CT molecular complexity index is 952. The summed E-state index contributed by atoms with van der Waals surface area (Å²) in [5.41, 5.74) is 1.76. The Labute approximate surface area is 159 Å². The number of hydrogen-bond acceptors (Lipinski definition) is 3. The number of ketones is 3. The summed E-state index contributed by atoms with van der Waals surface area (Å²) < 4.78 is 0. The number of allylic oxidation sites excluding steroid dienone is 2. The smallest absolute Gasteiger partial charge is 0.190 e.